The van der Waals surface area contributed by atoms with Crippen LogP contribution in [0.15, 0.2) is 0 Å². The monoisotopic (exact) mass is 244 g/mol. The number of aliphatic hydroxyl groups excluding tert-OH is 1. The number of thioether (sulfide) groups is 1. The molecule has 1 atom stereocenters. The predicted octanol–water partition coefficient (Wildman–Crippen LogP) is 0.928. The van der Waals surface area contributed by atoms with Gasteiger partial charge in [-0.3, -0.25) is 0 Å². The topological polar surface area (TPSA) is 35.5 Å². The summed E-state index contributed by atoms with van der Waals surface area (Å²) < 4.78 is 0. The van der Waals surface area contributed by atoms with Crippen LogP contribution in [0.2, 0.25) is 0 Å². The van der Waals surface area contributed by atoms with E-state index >= 15 is 0 Å². The van der Waals surface area contributed by atoms with Gasteiger partial charge in [0.2, 0.25) is 0 Å². The zero-order chi connectivity index (χ0) is 11.2. The second-order valence-corrected chi connectivity index (χ2v) is 6.18. The molecular formula is C12H24N2OS. The van der Waals surface area contributed by atoms with Crippen LogP contribution < -0.4 is 5.32 Å². The average molecular weight is 244 g/mol. The number of rotatable bonds is 5. The van der Waals surface area contributed by atoms with E-state index in [0.29, 0.717) is 6.04 Å². The molecule has 0 spiro atoms. The van der Waals surface area contributed by atoms with Gasteiger partial charge < -0.3 is 15.3 Å². The lowest BCUT2D eigenvalue weighted by atomic mass is 10.1. The highest BCUT2D eigenvalue weighted by Gasteiger charge is 2.18. The number of hydrogen-bond donors (Lipinski definition) is 2. The first kappa shape index (κ1) is 12.7. The summed E-state index contributed by atoms with van der Waals surface area (Å²) in [5, 5.41) is 13.4. The molecule has 1 unspecified atom stereocenters. The summed E-state index contributed by atoms with van der Waals surface area (Å²) in [6, 6.07) is 0.648. The molecule has 0 aromatic heterocycles. The molecule has 16 heavy (non-hydrogen) atoms. The van der Waals surface area contributed by atoms with E-state index in [1.54, 1.807) is 0 Å². The average Bonchev–Trinajstić information content (AvgIpc) is 2.81. The van der Waals surface area contributed by atoms with Crippen molar-refractivity contribution in [2.24, 2.45) is 0 Å². The molecule has 0 radical (unpaired) electrons. The van der Waals surface area contributed by atoms with Crippen molar-refractivity contribution in [1.29, 1.82) is 0 Å². The maximum atomic E-state index is 9.93. The fraction of sp³-hybridized carbons (Fsp3) is 1.00. The molecule has 0 aromatic carbocycles. The summed E-state index contributed by atoms with van der Waals surface area (Å²) in [6.45, 7) is 3.98. The number of aliphatic hydroxyl groups is 1. The van der Waals surface area contributed by atoms with Crippen LogP contribution in [0.1, 0.15) is 25.7 Å². The Morgan fingerprint density at radius 1 is 1.25 bits per heavy atom. The van der Waals surface area contributed by atoms with Crippen LogP contribution in [-0.2, 0) is 0 Å². The number of likely N-dealkylation sites (tertiary alicyclic amines) is 1. The molecule has 0 bridgehead atoms. The Kier molecular flexibility index (Phi) is 5.42. The Hall–Kier alpha value is 0.230. The van der Waals surface area contributed by atoms with Crippen molar-refractivity contribution in [3.63, 3.8) is 0 Å². The van der Waals surface area contributed by atoms with Crippen LogP contribution in [0.4, 0.5) is 0 Å². The Morgan fingerprint density at radius 2 is 1.94 bits per heavy atom. The van der Waals surface area contributed by atoms with Crippen LogP contribution in [0.3, 0.4) is 0 Å². The van der Waals surface area contributed by atoms with Crippen molar-refractivity contribution in [2.45, 2.75) is 37.8 Å². The lowest BCUT2D eigenvalue weighted by molar-refractivity contribution is 0.120. The minimum Gasteiger partial charge on any atom is -0.390 e. The van der Waals surface area contributed by atoms with Crippen molar-refractivity contribution in [1.82, 2.24) is 10.2 Å². The lowest BCUT2D eigenvalue weighted by Gasteiger charge is -2.25. The van der Waals surface area contributed by atoms with E-state index in [9.17, 15) is 5.11 Å². The number of β-amino-alcohol motifs (C(OH)–C–C–N with tert-alkyl or cyclic N) is 1. The molecule has 0 aliphatic carbocycles. The molecule has 2 N–H and O–H groups in total. The van der Waals surface area contributed by atoms with Gasteiger partial charge in [0.05, 0.1) is 6.10 Å². The van der Waals surface area contributed by atoms with Gasteiger partial charge in [-0.05, 0) is 50.3 Å². The first-order chi connectivity index (χ1) is 7.84. The molecule has 3 nitrogen and oxygen atoms in total. The second kappa shape index (κ2) is 6.84. The van der Waals surface area contributed by atoms with Crippen molar-refractivity contribution in [3.05, 3.63) is 0 Å². The van der Waals surface area contributed by atoms with E-state index in [2.05, 4.69) is 10.2 Å². The molecule has 2 saturated heterocycles. The zero-order valence-corrected chi connectivity index (χ0v) is 10.8. The highest BCUT2D eigenvalue weighted by molar-refractivity contribution is 7.99. The summed E-state index contributed by atoms with van der Waals surface area (Å²) in [5.41, 5.74) is 0. The van der Waals surface area contributed by atoms with Crippen LogP contribution in [-0.4, -0.2) is 59.8 Å². The maximum Gasteiger partial charge on any atom is 0.0791 e. The Balaban J connectivity index is 1.57. The first-order valence-corrected chi connectivity index (χ1v) is 7.71. The van der Waals surface area contributed by atoms with Gasteiger partial charge in [-0.25, -0.2) is 0 Å². The van der Waals surface area contributed by atoms with E-state index < -0.39 is 0 Å². The highest BCUT2D eigenvalue weighted by Crippen LogP contribution is 2.16. The van der Waals surface area contributed by atoms with Crippen LogP contribution >= 0.6 is 11.8 Å². The van der Waals surface area contributed by atoms with Gasteiger partial charge in [-0.2, -0.15) is 11.8 Å². The summed E-state index contributed by atoms with van der Waals surface area (Å²) in [6.07, 6.45) is 4.95. The molecule has 2 heterocycles. The van der Waals surface area contributed by atoms with E-state index in [0.717, 1.165) is 13.1 Å². The van der Waals surface area contributed by atoms with Crippen molar-refractivity contribution in [3.8, 4) is 0 Å². The molecule has 0 amide bonds. The summed E-state index contributed by atoms with van der Waals surface area (Å²) in [7, 11) is 0. The molecule has 2 fully saturated rings. The van der Waals surface area contributed by atoms with Crippen molar-refractivity contribution < 1.29 is 5.11 Å². The molecule has 0 saturated carbocycles. The van der Waals surface area contributed by atoms with E-state index in [1.165, 1.54) is 50.3 Å². The minimum absolute atomic E-state index is 0.187. The number of nitrogens with one attached hydrogen (secondary N) is 1. The van der Waals surface area contributed by atoms with Gasteiger partial charge in [0.1, 0.15) is 0 Å². The molecule has 0 aromatic rings. The molecule has 2 aliphatic rings. The third kappa shape index (κ3) is 4.24. The Morgan fingerprint density at radius 3 is 2.62 bits per heavy atom. The van der Waals surface area contributed by atoms with Crippen LogP contribution in [0, 0.1) is 0 Å². The zero-order valence-electron chi connectivity index (χ0n) is 10.0. The van der Waals surface area contributed by atoms with E-state index in [1.807, 2.05) is 11.8 Å². The van der Waals surface area contributed by atoms with Gasteiger partial charge in [0.25, 0.3) is 0 Å². The van der Waals surface area contributed by atoms with Crippen LogP contribution in [0.5, 0.6) is 0 Å². The first-order valence-electron chi connectivity index (χ1n) is 6.56. The fourth-order valence-corrected chi connectivity index (χ4v) is 3.64. The van der Waals surface area contributed by atoms with Gasteiger partial charge in [0.15, 0.2) is 0 Å². The minimum atomic E-state index is -0.187. The van der Waals surface area contributed by atoms with Crippen LogP contribution in [0.25, 0.3) is 0 Å². The SMILES string of the molecule is OC(CNC1CCSCC1)CN1CCCC1. The highest BCUT2D eigenvalue weighted by atomic mass is 32.2. The fourth-order valence-electron chi connectivity index (χ4n) is 2.53. The normalized spacial score (nSPS) is 26.1. The largest absolute Gasteiger partial charge is 0.390 e. The molecule has 2 aliphatic heterocycles. The van der Waals surface area contributed by atoms with Gasteiger partial charge >= 0.3 is 0 Å². The number of hydrogen-bond acceptors (Lipinski definition) is 4. The van der Waals surface area contributed by atoms with Crippen molar-refractivity contribution >= 4 is 11.8 Å². The summed E-state index contributed by atoms with van der Waals surface area (Å²) in [5.74, 6) is 2.56. The maximum absolute atomic E-state index is 9.93. The smallest absolute Gasteiger partial charge is 0.0791 e. The molecule has 4 heteroatoms. The summed E-state index contributed by atoms with van der Waals surface area (Å²) in [4.78, 5) is 2.38. The van der Waals surface area contributed by atoms with Gasteiger partial charge in [0, 0.05) is 19.1 Å². The van der Waals surface area contributed by atoms with Crippen molar-refractivity contribution in [2.75, 3.05) is 37.7 Å². The Bertz CT molecular complexity index is 191. The van der Waals surface area contributed by atoms with E-state index in [4.69, 9.17) is 0 Å². The third-order valence-corrected chi connectivity index (χ3v) is 4.58. The van der Waals surface area contributed by atoms with Gasteiger partial charge in [-0.1, -0.05) is 0 Å². The molecule has 2 rings (SSSR count). The second-order valence-electron chi connectivity index (χ2n) is 4.96. The summed E-state index contributed by atoms with van der Waals surface area (Å²) >= 11 is 2.05. The molecule has 94 valence electrons. The quantitative estimate of drug-likeness (QED) is 0.754. The predicted molar refractivity (Wildman–Crippen MR) is 70.0 cm³/mol. The third-order valence-electron chi connectivity index (χ3n) is 3.53. The Labute approximate surface area is 103 Å². The lowest BCUT2D eigenvalue weighted by Crippen LogP contribution is -2.42. The van der Waals surface area contributed by atoms with Gasteiger partial charge in [-0.15, -0.1) is 0 Å². The molecular weight excluding hydrogens is 220 g/mol. The standard InChI is InChI=1S/C12H24N2OS/c15-12(10-14-5-1-2-6-14)9-13-11-3-7-16-8-4-11/h11-13,15H,1-10H2. The number of nitrogens with zero attached hydrogens (tertiary/aromatic N) is 1. The van der Waals surface area contributed by atoms with E-state index in [-0.39, 0.29) is 6.10 Å².